The number of carbonyl (C=O) groups excluding carboxylic acids is 1. The van der Waals surface area contributed by atoms with E-state index in [4.69, 9.17) is 5.73 Å². The molecule has 0 aromatic rings. The number of carbonyl (C=O) groups is 1. The smallest absolute Gasteiger partial charge is 0.223 e. The molecule has 1 aliphatic heterocycles. The molecule has 1 amide bonds. The van der Waals surface area contributed by atoms with Crippen molar-refractivity contribution in [1.29, 1.82) is 0 Å². The molecule has 0 spiro atoms. The van der Waals surface area contributed by atoms with Gasteiger partial charge < -0.3 is 10.6 Å². The first-order valence-electron chi connectivity index (χ1n) is 7.72. The van der Waals surface area contributed by atoms with E-state index in [-0.39, 0.29) is 0 Å². The van der Waals surface area contributed by atoms with E-state index >= 15 is 0 Å². The van der Waals surface area contributed by atoms with Crippen molar-refractivity contribution in [2.24, 2.45) is 11.7 Å². The summed E-state index contributed by atoms with van der Waals surface area (Å²) in [6.45, 7) is 3.01. The minimum Gasteiger partial charge on any atom is -0.340 e. The van der Waals surface area contributed by atoms with Crippen molar-refractivity contribution in [3.05, 3.63) is 0 Å². The lowest BCUT2D eigenvalue weighted by atomic mass is 9.93. The van der Waals surface area contributed by atoms with Gasteiger partial charge in [-0.15, -0.1) is 0 Å². The molecule has 3 heteroatoms. The van der Waals surface area contributed by atoms with Crippen LogP contribution in [-0.2, 0) is 4.79 Å². The molecule has 0 radical (unpaired) electrons. The Labute approximate surface area is 111 Å². The largest absolute Gasteiger partial charge is 0.340 e. The van der Waals surface area contributed by atoms with Gasteiger partial charge in [-0.25, -0.2) is 0 Å². The highest BCUT2D eigenvalue weighted by molar-refractivity contribution is 5.76. The molecule has 0 bridgehead atoms. The molecule has 2 N–H and O–H groups in total. The fourth-order valence-corrected chi connectivity index (χ4v) is 3.51. The number of likely N-dealkylation sites (tertiary alicyclic amines) is 1. The lowest BCUT2D eigenvalue weighted by molar-refractivity contribution is -0.135. The lowest BCUT2D eigenvalue weighted by Crippen LogP contribution is -2.48. The van der Waals surface area contributed by atoms with Crippen molar-refractivity contribution >= 4 is 5.91 Å². The van der Waals surface area contributed by atoms with Crippen LogP contribution in [0.3, 0.4) is 0 Å². The van der Waals surface area contributed by atoms with Crippen molar-refractivity contribution in [1.82, 2.24) is 4.90 Å². The molecule has 2 rings (SSSR count). The van der Waals surface area contributed by atoms with Crippen LogP contribution >= 0.6 is 0 Å². The standard InChI is InChI=1S/C15H28N2O/c1-12-10-14(16)8-9-17(12)15(18)11-13-6-4-2-3-5-7-13/h12-14H,2-11,16H2,1H3. The van der Waals surface area contributed by atoms with E-state index in [0.717, 1.165) is 25.8 Å². The predicted octanol–water partition coefficient (Wildman–Crippen LogP) is 2.69. The third kappa shape index (κ3) is 3.71. The minimum atomic E-state index is 0.293. The Balaban J connectivity index is 1.83. The van der Waals surface area contributed by atoms with Crippen LogP contribution in [0.4, 0.5) is 0 Å². The molecule has 3 nitrogen and oxygen atoms in total. The van der Waals surface area contributed by atoms with E-state index in [0.29, 0.717) is 23.9 Å². The molecule has 0 aromatic heterocycles. The predicted molar refractivity (Wildman–Crippen MR) is 74.2 cm³/mol. The minimum absolute atomic E-state index is 0.293. The molecule has 2 fully saturated rings. The molecule has 0 aromatic carbocycles. The van der Waals surface area contributed by atoms with Gasteiger partial charge in [-0.1, -0.05) is 25.7 Å². The summed E-state index contributed by atoms with van der Waals surface area (Å²) in [4.78, 5) is 14.5. The fourth-order valence-electron chi connectivity index (χ4n) is 3.51. The fraction of sp³-hybridized carbons (Fsp3) is 0.933. The van der Waals surface area contributed by atoms with Crippen LogP contribution in [0.15, 0.2) is 0 Å². The Morgan fingerprint density at radius 2 is 1.83 bits per heavy atom. The molecule has 18 heavy (non-hydrogen) atoms. The Bertz CT molecular complexity index is 272. The first-order valence-corrected chi connectivity index (χ1v) is 7.72. The van der Waals surface area contributed by atoms with Crippen molar-refractivity contribution in [3.63, 3.8) is 0 Å². The van der Waals surface area contributed by atoms with E-state index in [1.807, 2.05) is 0 Å². The maximum absolute atomic E-state index is 12.4. The molecule has 1 saturated heterocycles. The van der Waals surface area contributed by atoms with E-state index in [2.05, 4.69) is 11.8 Å². The van der Waals surface area contributed by atoms with Crippen LogP contribution in [0, 0.1) is 5.92 Å². The van der Waals surface area contributed by atoms with E-state index in [1.165, 1.54) is 38.5 Å². The van der Waals surface area contributed by atoms with E-state index in [9.17, 15) is 4.79 Å². The van der Waals surface area contributed by atoms with Gasteiger partial charge in [0.1, 0.15) is 0 Å². The first-order chi connectivity index (χ1) is 8.66. The van der Waals surface area contributed by atoms with Crippen LogP contribution in [0.1, 0.15) is 64.7 Å². The summed E-state index contributed by atoms with van der Waals surface area (Å²) < 4.78 is 0. The van der Waals surface area contributed by atoms with Crippen LogP contribution in [0.25, 0.3) is 0 Å². The van der Waals surface area contributed by atoms with Crippen LogP contribution < -0.4 is 5.73 Å². The highest BCUT2D eigenvalue weighted by Crippen LogP contribution is 2.27. The van der Waals surface area contributed by atoms with Crippen LogP contribution in [-0.4, -0.2) is 29.4 Å². The third-order valence-corrected chi connectivity index (χ3v) is 4.68. The number of rotatable bonds is 2. The Morgan fingerprint density at radius 3 is 2.44 bits per heavy atom. The first kappa shape index (κ1) is 13.9. The molecule has 1 saturated carbocycles. The SMILES string of the molecule is CC1CC(N)CCN1C(=O)CC1CCCCCC1. The number of amides is 1. The summed E-state index contributed by atoms with van der Waals surface area (Å²) in [6.07, 6.45) is 10.6. The summed E-state index contributed by atoms with van der Waals surface area (Å²) in [5.74, 6) is 1.02. The number of hydrogen-bond donors (Lipinski definition) is 1. The average Bonchev–Trinajstić information content (AvgIpc) is 2.57. The third-order valence-electron chi connectivity index (χ3n) is 4.68. The number of hydrogen-bond acceptors (Lipinski definition) is 2. The van der Waals surface area contributed by atoms with Gasteiger partial charge in [0.25, 0.3) is 0 Å². The monoisotopic (exact) mass is 252 g/mol. The molecule has 2 atom stereocenters. The highest BCUT2D eigenvalue weighted by Gasteiger charge is 2.28. The molecular formula is C15H28N2O. The van der Waals surface area contributed by atoms with Gasteiger partial charge in [-0.2, -0.15) is 0 Å². The summed E-state index contributed by atoms with van der Waals surface area (Å²) in [6, 6.07) is 0.633. The Kier molecular flexibility index (Phi) is 5.04. The maximum atomic E-state index is 12.4. The summed E-state index contributed by atoms with van der Waals surface area (Å²) in [5, 5.41) is 0. The Morgan fingerprint density at radius 1 is 1.17 bits per heavy atom. The lowest BCUT2D eigenvalue weighted by Gasteiger charge is -2.37. The van der Waals surface area contributed by atoms with Gasteiger partial charge in [-0.3, -0.25) is 4.79 Å². The maximum Gasteiger partial charge on any atom is 0.223 e. The van der Waals surface area contributed by atoms with E-state index in [1.54, 1.807) is 0 Å². The zero-order chi connectivity index (χ0) is 13.0. The normalized spacial score (nSPS) is 31.1. The zero-order valence-electron chi connectivity index (χ0n) is 11.7. The van der Waals surface area contributed by atoms with Gasteiger partial charge in [0, 0.05) is 25.0 Å². The number of nitrogens with zero attached hydrogens (tertiary/aromatic N) is 1. The second kappa shape index (κ2) is 6.55. The van der Waals surface area contributed by atoms with Gasteiger partial charge in [0.2, 0.25) is 5.91 Å². The number of piperidine rings is 1. The zero-order valence-corrected chi connectivity index (χ0v) is 11.7. The van der Waals surface area contributed by atoms with Gasteiger partial charge in [0.05, 0.1) is 0 Å². The topological polar surface area (TPSA) is 46.3 Å². The molecule has 1 aliphatic carbocycles. The molecular weight excluding hydrogens is 224 g/mol. The summed E-state index contributed by atoms with van der Waals surface area (Å²) >= 11 is 0. The second-order valence-corrected chi connectivity index (χ2v) is 6.28. The average molecular weight is 252 g/mol. The summed E-state index contributed by atoms with van der Waals surface area (Å²) in [7, 11) is 0. The molecule has 2 aliphatic rings. The van der Waals surface area contributed by atoms with E-state index < -0.39 is 0 Å². The number of nitrogens with two attached hydrogens (primary N) is 1. The molecule has 2 unspecified atom stereocenters. The Hall–Kier alpha value is -0.570. The molecule has 1 heterocycles. The second-order valence-electron chi connectivity index (χ2n) is 6.28. The van der Waals surface area contributed by atoms with Gasteiger partial charge >= 0.3 is 0 Å². The van der Waals surface area contributed by atoms with Crippen molar-refractivity contribution < 1.29 is 4.79 Å². The van der Waals surface area contributed by atoms with Crippen LogP contribution in [0.5, 0.6) is 0 Å². The van der Waals surface area contributed by atoms with Gasteiger partial charge in [0.15, 0.2) is 0 Å². The summed E-state index contributed by atoms with van der Waals surface area (Å²) in [5.41, 5.74) is 5.95. The van der Waals surface area contributed by atoms with Crippen molar-refractivity contribution in [3.8, 4) is 0 Å². The van der Waals surface area contributed by atoms with Gasteiger partial charge in [-0.05, 0) is 38.5 Å². The quantitative estimate of drug-likeness (QED) is 0.768. The highest BCUT2D eigenvalue weighted by atomic mass is 16.2. The molecule has 104 valence electrons. The van der Waals surface area contributed by atoms with Crippen LogP contribution in [0.2, 0.25) is 0 Å². The van der Waals surface area contributed by atoms with Crippen molar-refractivity contribution in [2.75, 3.05) is 6.54 Å². The van der Waals surface area contributed by atoms with Crippen molar-refractivity contribution in [2.45, 2.75) is 76.8 Å².